The lowest BCUT2D eigenvalue weighted by Gasteiger charge is -2.39. The third kappa shape index (κ3) is 3.35. The number of aromatic nitrogens is 1. The molecule has 0 spiro atoms. The van der Waals surface area contributed by atoms with Gasteiger partial charge >= 0.3 is 0 Å². The zero-order valence-corrected chi connectivity index (χ0v) is 13.8. The highest BCUT2D eigenvalue weighted by Crippen LogP contribution is 2.33. The second kappa shape index (κ2) is 6.01. The fraction of sp³-hybridized carbons (Fsp3) is 0.786. The van der Waals surface area contributed by atoms with Crippen molar-refractivity contribution in [2.45, 2.75) is 44.4 Å². The standard InChI is InChI=1S/C14H22ClN3O2S/c1-14(20)4-7-17(9-11(14)19)8-10-12(15)16-13(21-10)18-5-2-3-6-18/h11,19-20H,2-9H2,1H3/t11-,14-/m0/s1. The predicted octanol–water partition coefficient (Wildman–Crippen LogP) is 1.71. The minimum absolute atomic E-state index is 0.472. The van der Waals surface area contributed by atoms with Crippen molar-refractivity contribution in [3.8, 4) is 0 Å². The van der Waals surface area contributed by atoms with Crippen molar-refractivity contribution < 1.29 is 10.2 Å². The number of hydrogen-bond acceptors (Lipinski definition) is 6. The predicted molar refractivity (Wildman–Crippen MR) is 85.1 cm³/mol. The van der Waals surface area contributed by atoms with E-state index in [0.717, 1.165) is 29.6 Å². The lowest BCUT2D eigenvalue weighted by atomic mass is 9.91. The largest absolute Gasteiger partial charge is 0.389 e. The Morgan fingerprint density at radius 1 is 1.38 bits per heavy atom. The van der Waals surface area contributed by atoms with Crippen LogP contribution in [0, 0.1) is 0 Å². The van der Waals surface area contributed by atoms with E-state index in [0.29, 0.717) is 24.7 Å². The van der Waals surface area contributed by atoms with Crippen LogP contribution in [0.1, 0.15) is 31.1 Å². The van der Waals surface area contributed by atoms with Gasteiger partial charge in [-0.15, -0.1) is 0 Å². The summed E-state index contributed by atoms with van der Waals surface area (Å²) in [5.41, 5.74) is -0.977. The summed E-state index contributed by atoms with van der Waals surface area (Å²) >= 11 is 7.92. The Morgan fingerprint density at radius 2 is 2.10 bits per heavy atom. The fourth-order valence-corrected chi connectivity index (χ4v) is 4.24. The zero-order valence-electron chi connectivity index (χ0n) is 12.3. The molecule has 2 fully saturated rings. The summed E-state index contributed by atoms with van der Waals surface area (Å²) in [7, 11) is 0. The topological polar surface area (TPSA) is 59.8 Å². The number of nitrogens with zero attached hydrogens (tertiary/aromatic N) is 3. The summed E-state index contributed by atoms with van der Waals surface area (Å²) in [6.45, 7) is 5.75. The lowest BCUT2D eigenvalue weighted by molar-refractivity contribution is -0.108. The molecular weight excluding hydrogens is 310 g/mol. The Morgan fingerprint density at radius 3 is 2.76 bits per heavy atom. The molecule has 3 heterocycles. The van der Waals surface area contributed by atoms with E-state index in [1.54, 1.807) is 18.3 Å². The van der Waals surface area contributed by atoms with Crippen LogP contribution in [0.3, 0.4) is 0 Å². The van der Waals surface area contributed by atoms with Crippen LogP contribution in [-0.2, 0) is 6.54 Å². The summed E-state index contributed by atoms with van der Waals surface area (Å²) in [6, 6.07) is 0. The van der Waals surface area contributed by atoms with E-state index in [1.807, 2.05) is 0 Å². The molecule has 2 atom stereocenters. The number of halogens is 1. The van der Waals surface area contributed by atoms with E-state index < -0.39 is 11.7 Å². The average Bonchev–Trinajstić information content (AvgIpc) is 3.05. The van der Waals surface area contributed by atoms with E-state index >= 15 is 0 Å². The molecule has 1 aromatic rings. The van der Waals surface area contributed by atoms with Gasteiger partial charge in [0.1, 0.15) is 5.15 Å². The third-order valence-electron chi connectivity index (χ3n) is 4.47. The third-order valence-corrected chi connectivity index (χ3v) is 5.99. The average molecular weight is 332 g/mol. The normalized spacial score (nSPS) is 31.0. The molecule has 118 valence electrons. The first-order valence-electron chi connectivity index (χ1n) is 7.49. The monoisotopic (exact) mass is 331 g/mol. The maximum Gasteiger partial charge on any atom is 0.187 e. The van der Waals surface area contributed by atoms with Crippen molar-refractivity contribution in [3.63, 3.8) is 0 Å². The molecule has 21 heavy (non-hydrogen) atoms. The summed E-state index contributed by atoms with van der Waals surface area (Å²) in [6.07, 6.45) is 2.31. The molecule has 2 aliphatic rings. The van der Waals surface area contributed by atoms with Crippen LogP contribution in [0.15, 0.2) is 0 Å². The number of aliphatic hydroxyl groups excluding tert-OH is 1. The SMILES string of the molecule is C[C@]1(O)CCN(Cc2sc(N3CCCC3)nc2Cl)C[C@@H]1O. The maximum atomic E-state index is 10.0. The Kier molecular flexibility index (Phi) is 4.43. The molecule has 0 radical (unpaired) electrons. The highest BCUT2D eigenvalue weighted by Gasteiger charge is 2.36. The molecule has 2 aliphatic heterocycles. The van der Waals surface area contributed by atoms with Crippen LogP contribution in [0.5, 0.6) is 0 Å². The van der Waals surface area contributed by atoms with Gasteiger partial charge in [0.25, 0.3) is 0 Å². The minimum atomic E-state index is -0.977. The van der Waals surface area contributed by atoms with Crippen molar-refractivity contribution in [3.05, 3.63) is 10.0 Å². The van der Waals surface area contributed by atoms with Gasteiger partial charge in [0.15, 0.2) is 5.13 Å². The molecule has 0 bridgehead atoms. The molecule has 2 saturated heterocycles. The molecule has 0 amide bonds. The van der Waals surface area contributed by atoms with Gasteiger partial charge in [-0.3, -0.25) is 4.90 Å². The van der Waals surface area contributed by atoms with E-state index in [1.165, 1.54) is 12.8 Å². The highest BCUT2D eigenvalue weighted by atomic mass is 35.5. The second-order valence-electron chi connectivity index (χ2n) is 6.26. The van der Waals surface area contributed by atoms with Gasteiger partial charge in [-0.25, -0.2) is 4.98 Å². The Balaban J connectivity index is 1.65. The lowest BCUT2D eigenvalue weighted by Crippen LogP contribution is -2.53. The molecule has 1 aromatic heterocycles. The van der Waals surface area contributed by atoms with E-state index in [2.05, 4.69) is 14.8 Å². The number of thiazole rings is 1. The molecule has 3 rings (SSSR count). The van der Waals surface area contributed by atoms with Crippen molar-refractivity contribution in [2.24, 2.45) is 0 Å². The summed E-state index contributed by atoms with van der Waals surface area (Å²) in [4.78, 5) is 9.95. The van der Waals surface area contributed by atoms with Gasteiger partial charge < -0.3 is 15.1 Å². The summed E-state index contributed by atoms with van der Waals surface area (Å²) < 4.78 is 0. The molecule has 0 unspecified atom stereocenters. The number of rotatable bonds is 3. The van der Waals surface area contributed by atoms with Crippen molar-refractivity contribution in [1.29, 1.82) is 0 Å². The van der Waals surface area contributed by atoms with Crippen LogP contribution in [0.4, 0.5) is 5.13 Å². The number of aliphatic hydroxyl groups is 2. The summed E-state index contributed by atoms with van der Waals surface area (Å²) in [5, 5.41) is 21.6. The van der Waals surface area contributed by atoms with Gasteiger partial charge in [-0.2, -0.15) is 0 Å². The smallest absolute Gasteiger partial charge is 0.187 e. The van der Waals surface area contributed by atoms with Gasteiger partial charge in [-0.05, 0) is 26.2 Å². The molecule has 2 N–H and O–H groups in total. The number of likely N-dealkylation sites (tertiary alicyclic amines) is 1. The Bertz CT molecular complexity index is 502. The molecule has 0 aliphatic carbocycles. The van der Waals surface area contributed by atoms with Crippen LogP contribution in [-0.4, -0.2) is 58.0 Å². The minimum Gasteiger partial charge on any atom is -0.389 e. The van der Waals surface area contributed by atoms with Gasteiger partial charge in [0.2, 0.25) is 0 Å². The van der Waals surface area contributed by atoms with E-state index in [4.69, 9.17) is 11.6 Å². The molecule has 0 saturated carbocycles. The second-order valence-corrected chi connectivity index (χ2v) is 7.68. The molecule has 0 aromatic carbocycles. The highest BCUT2D eigenvalue weighted by molar-refractivity contribution is 7.16. The number of anilines is 1. The van der Waals surface area contributed by atoms with Crippen LogP contribution < -0.4 is 4.90 Å². The van der Waals surface area contributed by atoms with E-state index in [-0.39, 0.29) is 0 Å². The molecular formula is C14H22ClN3O2S. The van der Waals surface area contributed by atoms with Crippen molar-refractivity contribution in [2.75, 3.05) is 31.1 Å². The van der Waals surface area contributed by atoms with Crippen molar-refractivity contribution in [1.82, 2.24) is 9.88 Å². The van der Waals surface area contributed by atoms with Crippen LogP contribution in [0.25, 0.3) is 0 Å². The first-order valence-corrected chi connectivity index (χ1v) is 8.68. The zero-order chi connectivity index (χ0) is 15.0. The first kappa shape index (κ1) is 15.5. The van der Waals surface area contributed by atoms with E-state index in [9.17, 15) is 10.2 Å². The fourth-order valence-electron chi connectivity index (χ4n) is 2.89. The molecule has 5 nitrogen and oxygen atoms in total. The number of hydrogen-bond donors (Lipinski definition) is 2. The van der Waals surface area contributed by atoms with Crippen LogP contribution in [0.2, 0.25) is 5.15 Å². The van der Waals surface area contributed by atoms with Gasteiger partial charge in [0.05, 0.1) is 16.6 Å². The Hall–Kier alpha value is -0.400. The number of piperidine rings is 1. The van der Waals surface area contributed by atoms with Crippen molar-refractivity contribution >= 4 is 28.1 Å². The van der Waals surface area contributed by atoms with Gasteiger partial charge in [-0.1, -0.05) is 22.9 Å². The maximum absolute atomic E-state index is 10.0. The Labute approximate surface area is 134 Å². The van der Waals surface area contributed by atoms with Crippen LogP contribution >= 0.6 is 22.9 Å². The van der Waals surface area contributed by atoms with Gasteiger partial charge in [0, 0.05) is 32.7 Å². The molecule has 7 heteroatoms. The quantitative estimate of drug-likeness (QED) is 0.883. The number of β-amino-alcohol motifs (C(OH)–C–C–N with tert-alkyl or cyclic N) is 1. The first-order chi connectivity index (χ1) is 9.95. The summed E-state index contributed by atoms with van der Waals surface area (Å²) in [5.74, 6) is 0.